The van der Waals surface area contributed by atoms with Crippen molar-refractivity contribution in [2.24, 2.45) is 0 Å². The molecule has 0 fully saturated rings. The van der Waals surface area contributed by atoms with Gasteiger partial charge in [0.25, 0.3) is 0 Å². The van der Waals surface area contributed by atoms with Crippen molar-refractivity contribution >= 4 is 30.9 Å². The van der Waals surface area contributed by atoms with Crippen molar-refractivity contribution in [1.29, 1.82) is 0 Å². The summed E-state index contributed by atoms with van der Waals surface area (Å²) in [6.45, 7) is 16.9. The first-order chi connectivity index (χ1) is 11.1. The maximum Gasteiger partial charge on any atom is 0.192 e. The maximum absolute atomic E-state index is 13.5. The van der Waals surface area contributed by atoms with Crippen LogP contribution in [0.1, 0.15) is 53.1 Å². The third-order valence-electron chi connectivity index (χ3n) is 4.57. The molecule has 0 saturated carbocycles. The van der Waals surface area contributed by atoms with Gasteiger partial charge < -0.3 is 4.43 Å². The van der Waals surface area contributed by atoms with E-state index in [4.69, 9.17) is 16.0 Å². The zero-order chi connectivity index (χ0) is 19.6. The molecule has 1 rings (SSSR count). The van der Waals surface area contributed by atoms with Crippen molar-refractivity contribution in [3.05, 3.63) is 34.6 Å². The largest absolute Gasteiger partial charge is 0.415 e. The van der Waals surface area contributed by atoms with Crippen molar-refractivity contribution in [2.75, 3.05) is 6.61 Å². The summed E-state index contributed by atoms with van der Waals surface area (Å²) >= 11 is 5.94. The summed E-state index contributed by atoms with van der Waals surface area (Å²) in [7, 11) is -3.25. The van der Waals surface area contributed by atoms with Crippen LogP contribution in [0.4, 0.5) is 4.39 Å². The van der Waals surface area contributed by atoms with E-state index >= 15 is 0 Å². The lowest BCUT2D eigenvalue weighted by atomic mass is 10.1. The first-order valence-electron chi connectivity index (χ1n) is 8.42. The van der Waals surface area contributed by atoms with Gasteiger partial charge >= 0.3 is 0 Å². The summed E-state index contributed by atoms with van der Waals surface area (Å²) in [5.74, 6) is -0.466. The Kier molecular flexibility index (Phi) is 7.44. The first-order valence-corrected chi connectivity index (χ1v) is 12.9. The predicted molar refractivity (Wildman–Crippen MR) is 108 cm³/mol. The normalized spacial score (nSPS) is 15.9. The number of hydrogen-bond acceptors (Lipinski definition) is 2. The summed E-state index contributed by atoms with van der Waals surface area (Å²) in [4.78, 5) is 0. The summed E-state index contributed by atoms with van der Waals surface area (Å²) in [5, 5.41) is 0.124. The van der Waals surface area contributed by atoms with Gasteiger partial charge in [-0.3, -0.25) is 0 Å². The highest BCUT2D eigenvalue weighted by molar-refractivity contribution is 7.84. The van der Waals surface area contributed by atoms with Gasteiger partial charge in [-0.15, -0.1) is 0 Å². The van der Waals surface area contributed by atoms with Gasteiger partial charge in [-0.2, -0.15) is 0 Å². The molecule has 0 saturated heterocycles. The van der Waals surface area contributed by atoms with Crippen LogP contribution in [0.15, 0.2) is 18.2 Å². The number of rotatable bonds is 6. The molecule has 0 unspecified atom stereocenters. The van der Waals surface area contributed by atoms with Crippen molar-refractivity contribution < 1.29 is 13.0 Å². The molecule has 1 aromatic carbocycles. The van der Waals surface area contributed by atoms with Crippen molar-refractivity contribution in [1.82, 2.24) is 4.72 Å². The number of nitrogens with one attached hydrogen (secondary N) is 1. The number of benzene rings is 1. The summed E-state index contributed by atoms with van der Waals surface area (Å²) in [6.07, 6.45) is 0. The Morgan fingerprint density at radius 3 is 2.24 bits per heavy atom. The topological polar surface area (TPSA) is 38.3 Å². The summed E-state index contributed by atoms with van der Waals surface area (Å²) < 4.78 is 35.1. The van der Waals surface area contributed by atoms with E-state index in [1.807, 2.05) is 20.8 Å². The molecule has 0 amide bonds. The third kappa shape index (κ3) is 6.43. The first kappa shape index (κ1) is 22.8. The molecular weight excluding hydrogens is 377 g/mol. The molecule has 1 aromatic rings. The second kappa shape index (κ2) is 8.17. The second-order valence-electron chi connectivity index (χ2n) is 8.80. The Hall–Kier alpha value is -0.273. The molecule has 0 aromatic heterocycles. The van der Waals surface area contributed by atoms with Gasteiger partial charge in [-0.1, -0.05) is 38.4 Å². The highest BCUT2D eigenvalue weighted by Crippen LogP contribution is 2.37. The van der Waals surface area contributed by atoms with E-state index in [1.165, 1.54) is 6.07 Å². The van der Waals surface area contributed by atoms with E-state index in [9.17, 15) is 8.60 Å². The Morgan fingerprint density at radius 1 is 1.24 bits per heavy atom. The fourth-order valence-corrected chi connectivity index (χ4v) is 3.76. The SMILES string of the molecule is CC(C)(C)[S@@](=O)N[C@@H](CO[Si](C)(C)C(C)(C)C)c1ccc(F)c(Cl)c1. The minimum absolute atomic E-state index is 0.0539. The van der Waals surface area contributed by atoms with Crippen LogP contribution >= 0.6 is 11.6 Å². The van der Waals surface area contributed by atoms with Crippen molar-refractivity contribution in [3.8, 4) is 0 Å². The minimum atomic E-state index is -1.97. The molecule has 0 aliphatic carbocycles. The zero-order valence-electron chi connectivity index (χ0n) is 16.5. The van der Waals surface area contributed by atoms with Crippen LogP contribution in [0.25, 0.3) is 0 Å². The van der Waals surface area contributed by atoms with E-state index < -0.39 is 29.9 Å². The van der Waals surface area contributed by atoms with Crippen LogP contribution in [0.3, 0.4) is 0 Å². The molecule has 0 heterocycles. The van der Waals surface area contributed by atoms with Crippen LogP contribution in [0.5, 0.6) is 0 Å². The highest BCUT2D eigenvalue weighted by atomic mass is 35.5. The number of hydrogen-bond donors (Lipinski definition) is 1. The number of halogens is 2. The minimum Gasteiger partial charge on any atom is -0.415 e. The fourth-order valence-electron chi connectivity index (χ4n) is 1.74. The van der Waals surface area contributed by atoms with Gasteiger partial charge in [0.15, 0.2) is 8.32 Å². The van der Waals surface area contributed by atoms with Crippen LogP contribution in [0, 0.1) is 5.82 Å². The fraction of sp³-hybridized carbons (Fsp3) is 0.667. The average Bonchev–Trinajstić information content (AvgIpc) is 2.44. The molecule has 0 bridgehead atoms. The molecule has 0 aliphatic heterocycles. The standard InChI is InChI=1S/C18H31ClFNO2SSi/c1-17(2,3)24(22)21-16(12-23-25(7,8)18(4,5)6)13-9-10-15(20)14(19)11-13/h9-11,16,21H,12H2,1-8H3/t16-,24+/m0/s1. The molecule has 25 heavy (non-hydrogen) atoms. The monoisotopic (exact) mass is 407 g/mol. The molecular formula is C18H31ClFNO2SSi. The summed E-state index contributed by atoms with van der Waals surface area (Å²) in [5.41, 5.74) is 0.766. The lowest BCUT2D eigenvalue weighted by molar-refractivity contribution is 0.257. The van der Waals surface area contributed by atoms with Crippen molar-refractivity contribution in [2.45, 2.75) is 70.5 Å². The van der Waals surface area contributed by atoms with E-state index in [-0.39, 0.29) is 16.1 Å². The lowest BCUT2D eigenvalue weighted by Gasteiger charge is -2.37. The quantitative estimate of drug-likeness (QED) is 0.623. The van der Waals surface area contributed by atoms with Crippen LogP contribution in [-0.2, 0) is 15.4 Å². The highest BCUT2D eigenvalue weighted by Gasteiger charge is 2.38. The van der Waals surface area contributed by atoms with E-state index in [0.29, 0.717) is 6.61 Å². The van der Waals surface area contributed by atoms with Crippen LogP contribution in [0.2, 0.25) is 23.2 Å². The molecule has 1 N–H and O–H groups in total. The molecule has 7 heteroatoms. The van der Waals surface area contributed by atoms with Gasteiger partial charge in [-0.25, -0.2) is 13.3 Å². The smallest absolute Gasteiger partial charge is 0.192 e. The Bertz CT molecular complexity index is 626. The van der Waals surface area contributed by atoms with Gasteiger partial charge in [0.1, 0.15) is 5.82 Å². The van der Waals surface area contributed by atoms with Crippen LogP contribution < -0.4 is 4.72 Å². The third-order valence-corrected chi connectivity index (χ3v) is 11.0. The molecule has 144 valence electrons. The van der Waals surface area contributed by atoms with Gasteiger partial charge in [0.2, 0.25) is 0 Å². The Morgan fingerprint density at radius 2 is 1.80 bits per heavy atom. The summed E-state index contributed by atoms with van der Waals surface area (Å²) in [6, 6.07) is 4.24. The molecule has 0 radical (unpaired) electrons. The van der Waals surface area contributed by atoms with Crippen LogP contribution in [-0.4, -0.2) is 23.9 Å². The average molecular weight is 408 g/mol. The van der Waals surface area contributed by atoms with Crippen molar-refractivity contribution in [3.63, 3.8) is 0 Å². The lowest BCUT2D eigenvalue weighted by Crippen LogP contribution is -2.44. The molecule has 2 atom stereocenters. The molecule has 3 nitrogen and oxygen atoms in total. The van der Waals surface area contributed by atoms with Gasteiger partial charge in [-0.05, 0) is 56.6 Å². The zero-order valence-corrected chi connectivity index (χ0v) is 19.1. The van der Waals surface area contributed by atoms with E-state index in [0.717, 1.165) is 5.56 Å². The van der Waals surface area contributed by atoms with E-state index in [1.54, 1.807) is 12.1 Å². The van der Waals surface area contributed by atoms with Gasteiger partial charge in [0.05, 0.1) is 33.4 Å². The van der Waals surface area contributed by atoms with E-state index in [2.05, 4.69) is 38.6 Å². The predicted octanol–water partition coefficient (Wildman–Crippen LogP) is 5.59. The Balaban J connectivity index is 3.07. The molecule has 0 spiro atoms. The maximum atomic E-state index is 13.5. The molecule has 0 aliphatic rings. The Labute approximate surface area is 160 Å². The second-order valence-corrected chi connectivity index (χ2v) is 16.0. The van der Waals surface area contributed by atoms with Gasteiger partial charge in [0, 0.05) is 0 Å².